The molecule has 21 heavy (non-hydrogen) atoms. The molecule has 1 amide bonds. The van der Waals surface area contributed by atoms with Gasteiger partial charge in [-0.05, 0) is 45.2 Å². The zero-order valence-corrected chi connectivity index (χ0v) is 12.8. The zero-order valence-electron chi connectivity index (χ0n) is 12.8. The summed E-state index contributed by atoms with van der Waals surface area (Å²) in [4.78, 5) is 19.0. The van der Waals surface area contributed by atoms with Gasteiger partial charge in [0.05, 0.1) is 17.8 Å². The van der Waals surface area contributed by atoms with Gasteiger partial charge in [0.2, 0.25) is 5.91 Å². The van der Waals surface area contributed by atoms with Crippen molar-refractivity contribution in [2.24, 2.45) is 5.92 Å². The number of nitrogens with one attached hydrogen (secondary N) is 2. The van der Waals surface area contributed by atoms with E-state index in [4.69, 9.17) is 0 Å². The summed E-state index contributed by atoms with van der Waals surface area (Å²) in [6.07, 6.45) is 5.07. The monoisotopic (exact) mass is 288 g/mol. The van der Waals surface area contributed by atoms with Gasteiger partial charge in [-0.15, -0.1) is 0 Å². The normalized spacial score (nSPS) is 26.9. The minimum atomic E-state index is 0.117. The molecule has 5 heteroatoms. The summed E-state index contributed by atoms with van der Waals surface area (Å²) in [6, 6.07) is 4.84. The molecule has 3 unspecified atom stereocenters. The van der Waals surface area contributed by atoms with Gasteiger partial charge in [-0.25, -0.2) is 4.98 Å². The Morgan fingerprint density at radius 3 is 2.71 bits per heavy atom. The number of pyridine rings is 1. The molecule has 2 aliphatic rings. The molecule has 0 spiro atoms. The second-order valence-electron chi connectivity index (χ2n) is 5.96. The van der Waals surface area contributed by atoms with Gasteiger partial charge in [-0.2, -0.15) is 0 Å². The fourth-order valence-electron chi connectivity index (χ4n) is 3.54. The summed E-state index contributed by atoms with van der Waals surface area (Å²) in [5.41, 5.74) is 0.790. The number of aromatic nitrogens is 1. The SMILES string of the molecule is CCN(CC)c1ccc(NC(=O)C2CC3CCC2N3)cn1. The molecule has 0 aliphatic carbocycles. The Morgan fingerprint density at radius 2 is 2.19 bits per heavy atom. The number of hydrogen-bond donors (Lipinski definition) is 2. The van der Waals surface area contributed by atoms with Gasteiger partial charge in [0, 0.05) is 25.2 Å². The average molecular weight is 288 g/mol. The van der Waals surface area contributed by atoms with Crippen LogP contribution in [0, 0.1) is 5.92 Å². The van der Waals surface area contributed by atoms with Crippen LogP contribution in [-0.4, -0.2) is 36.1 Å². The first-order valence-corrected chi connectivity index (χ1v) is 7.99. The molecular weight excluding hydrogens is 264 g/mol. The fraction of sp³-hybridized carbons (Fsp3) is 0.625. The number of carbonyl (C=O) groups is 1. The minimum absolute atomic E-state index is 0.117. The lowest BCUT2D eigenvalue weighted by atomic mass is 9.88. The summed E-state index contributed by atoms with van der Waals surface area (Å²) in [6.45, 7) is 6.10. The molecule has 0 saturated carbocycles. The average Bonchev–Trinajstić information content (AvgIpc) is 3.13. The quantitative estimate of drug-likeness (QED) is 0.870. The first-order valence-electron chi connectivity index (χ1n) is 7.99. The second-order valence-corrected chi connectivity index (χ2v) is 5.96. The smallest absolute Gasteiger partial charge is 0.229 e. The molecule has 2 fully saturated rings. The molecule has 2 saturated heterocycles. The lowest BCUT2D eigenvalue weighted by molar-refractivity contribution is -0.120. The highest BCUT2D eigenvalue weighted by Gasteiger charge is 2.42. The molecule has 0 aromatic carbocycles. The van der Waals surface area contributed by atoms with Crippen LogP contribution in [0.15, 0.2) is 18.3 Å². The van der Waals surface area contributed by atoms with Crippen LogP contribution >= 0.6 is 0 Å². The Balaban J connectivity index is 1.61. The van der Waals surface area contributed by atoms with Gasteiger partial charge in [0.15, 0.2) is 0 Å². The van der Waals surface area contributed by atoms with E-state index < -0.39 is 0 Å². The Morgan fingerprint density at radius 1 is 1.38 bits per heavy atom. The highest BCUT2D eigenvalue weighted by Crippen LogP contribution is 2.33. The van der Waals surface area contributed by atoms with Crippen molar-refractivity contribution in [1.82, 2.24) is 10.3 Å². The van der Waals surface area contributed by atoms with Crippen molar-refractivity contribution in [1.29, 1.82) is 0 Å². The van der Waals surface area contributed by atoms with Crippen LogP contribution in [0.2, 0.25) is 0 Å². The molecule has 0 radical (unpaired) electrons. The largest absolute Gasteiger partial charge is 0.357 e. The second kappa shape index (κ2) is 6.02. The number of fused-ring (bicyclic) bond motifs is 2. The van der Waals surface area contributed by atoms with Crippen LogP contribution in [-0.2, 0) is 4.79 Å². The third-order valence-electron chi connectivity index (χ3n) is 4.74. The van der Waals surface area contributed by atoms with Gasteiger partial charge in [-0.1, -0.05) is 0 Å². The number of rotatable bonds is 5. The molecule has 2 N–H and O–H groups in total. The van der Waals surface area contributed by atoms with Crippen LogP contribution in [0.25, 0.3) is 0 Å². The van der Waals surface area contributed by atoms with E-state index in [-0.39, 0.29) is 11.8 Å². The number of anilines is 2. The molecule has 3 rings (SSSR count). The van der Waals surface area contributed by atoms with E-state index in [1.54, 1.807) is 6.20 Å². The van der Waals surface area contributed by atoms with Crippen molar-refractivity contribution in [2.75, 3.05) is 23.3 Å². The van der Waals surface area contributed by atoms with E-state index in [0.717, 1.165) is 37.4 Å². The third-order valence-corrected chi connectivity index (χ3v) is 4.74. The number of nitrogens with zero attached hydrogens (tertiary/aromatic N) is 2. The molecular formula is C16H24N4O. The highest BCUT2D eigenvalue weighted by molar-refractivity contribution is 5.93. The van der Waals surface area contributed by atoms with Crippen molar-refractivity contribution in [3.05, 3.63) is 18.3 Å². The molecule has 5 nitrogen and oxygen atoms in total. The van der Waals surface area contributed by atoms with Gasteiger partial charge in [0.25, 0.3) is 0 Å². The van der Waals surface area contributed by atoms with Gasteiger partial charge in [-0.3, -0.25) is 4.79 Å². The molecule has 2 bridgehead atoms. The number of carbonyl (C=O) groups excluding carboxylic acids is 1. The summed E-state index contributed by atoms with van der Waals surface area (Å²) in [5, 5.41) is 6.51. The summed E-state index contributed by atoms with van der Waals surface area (Å²) >= 11 is 0. The first-order chi connectivity index (χ1) is 10.2. The lowest BCUT2D eigenvalue weighted by Gasteiger charge is -2.21. The van der Waals surface area contributed by atoms with E-state index in [1.165, 1.54) is 6.42 Å². The van der Waals surface area contributed by atoms with E-state index in [0.29, 0.717) is 12.1 Å². The van der Waals surface area contributed by atoms with Gasteiger partial charge in [0.1, 0.15) is 5.82 Å². The first kappa shape index (κ1) is 14.3. The summed E-state index contributed by atoms with van der Waals surface area (Å²) in [5.74, 6) is 1.21. The van der Waals surface area contributed by atoms with Crippen LogP contribution in [0.3, 0.4) is 0 Å². The maximum atomic E-state index is 12.3. The molecule has 3 atom stereocenters. The highest BCUT2D eigenvalue weighted by atomic mass is 16.2. The molecule has 1 aromatic rings. The Hall–Kier alpha value is -1.62. The lowest BCUT2D eigenvalue weighted by Crippen LogP contribution is -2.32. The number of hydrogen-bond acceptors (Lipinski definition) is 4. The van der Waals surface area contributed by atoms with E-state index >= 15 is 0 Å². The fourth-order valence-corrected chi connectivity index (χ4v) is 3.54. The van der Waals surface area contributed by atoms with Crippen LogP contribution in [0.1, 0.15) is 33.1 Å². The van der Waals surface area contributed by atoms with E-state index in [2.05, 4.69) is 34.4 Å². The van der Waals surface area contributed by atoms with Crippen molar-refractivity contribution in [3.63, 3.8) is 0 Å². The Kier molecular flexibility index (Phi) is 4.10. The van der Waals surface area contributed by atoms with Crippen molar-refractivity contribution in [3.8, 4) is 0 Å². The van der Waals surface area contributed by atoms with Gasteiger partial charge >= 0.3 is 0 Å². The van der Waals surface area contributed by atoms with E-state index in [9.17, 15) is 4.79 Å². The number of amides is 1. The Labute approximate surface area is 126 Å². The molecule has 2 aliphatic heterocycles. The standard InChI is InChI=1S/C16H24N4O/c1-3-20(4-2)15-8-6-12(10-17-15)19-16(21)13-9-11-5-7-14(13)18-11/h6,8,10-11,13-14,18H,3-5,7,9H2,1-2H3,(H,19,21). The summed E-state index contributed by atoms with van der Waals surface area (Å²) in [7, 11) is 0. The van der Waals surface area contributed by atoms with Crippen molar-refractivity contribution >= 4 is 17.4 Å². The summed E-state index contributed by atoms with van der Waals surface area (Å²) < 4.78 is 0. The molecule has 1 aromatic heterocycles. The van der Waals surface area contributed by atoms with Crippen LogP contribution < -0.4 is 15.5 Å². The molecule has 3 heterocycles. The predicted molar refractivity (Wildman–Crippen MR) is 84.5 cm³/mol. The van der Waals surface area contributed by atoms with Crippen LogP contribution in [0.5, 0.6) is 0 Å². The minimum Gasteiger partial charge on any atom is -0.357 e. The van der Waals surface area contributed by atoms with Crippen molar-refractivity contribution in [2.45, 2.75) is 45.2 Å². The predicted octanol–water partition coefficient (Wildman–Crippen LogP) is 2.01. The Bertz CT molecular complexity index is 498. The third kappa shape index (κ3) is 2.88. The molecule has 114 valence electrons. The zero-order chi connectivity index (χ0) is 14.8. The van der Waals surface area contributed by atoms with Gasteiger partial charge < -0.3 is 15.5 Å². The topological polar surface area (TPSA) is 57.3 Å². The van der Waals surface area contributed by atoms with Crippen LogP contribution in [0.4, 0.5) is 11.5 Å². The maximum absolute atomic E-state index is 12.3. The van der Waals surface area contributed by atoms with Crippen molar-refractivity contribution < 1.29 is 4.79 Å². The van der Waals surface area contributed by atoms with E-state index in [1.807, 2.05) is 12.1 Å². The maximum Gasteiger partial charge on any atom is 0.229 e.